The van der Waals surface area contributed by atoms with Gasteiger partial charge in [0, 0.05) is 30.5 Å². The number of carbonyl (C=O) groups excluding carboxylic acids is 3. The molecule has 2 atom stereocenters. The number of halogens is 1. The molecular weight excluding hydrogens is 342 g/mol. The van der Waals surface area contributed by atoms with Crippen molar-refractivity contribution in [1.29, 1.82) is 0 Å². The number of carbonyl (C=O) groups is 3. The Balaban J connectivity index is 1.44. The summed E-state index contributed by atoms with van der Waals surface area (Å²) in [5.74, 6) is 0.0136. The van der Waals surface area contributed by atoms with E-state index in [1.165, 1.54) is 0 Å². The Morgan fingerprint density at radius 1 is 1.16 bits per heavy atom. The maximum absolute atomic E-state index is 12.8. The van der Waals surface area contributed by atoms with Crippen LogP contribution in [0.5, 0.6) is 0 Å². The molecule has 6 nitrogen and oxygen atoms in total. The summed E-state index contributed by atoms with van der Waals surface area (Å²) in [7, 11) is 0. The van der Waals surface area contributed by atoms with Gasteiger partial charge in [-0.15, -0.1) is 0 Å². The molecule has 1 aromatic rings. The average Bonchev–Trinajstić information content (AvgIpc) is 3.45. The van der Waals surface area contributed by atoms with Gasteiger partial charge >= 0.3 is 0 Å². The first-order chi connectivity index (χ1) is 12.0. The Morgan fingerprint density at radius 3 is 2.56 bits per heavy atom. The van der Waals surface area contributed by atoms with Gasteiger partial charge in [0.1, 0.15) is 12.1 Å². The van der Waals surface area contributed by atoms with Crippen molar-refractivity contribution >= 4 is 29.3 Å². The van der Waals surface area contributed by atoms with Crippen LogP contribution in [0.25, 0.3) is 0 Å². The third kappa shape index (κ3) is 3.23. The maximum Gasteiger partial charge on any atom is 0.246 e. The van der Waals surface area contributed by atoms with Gasteiger partial charge in [0.05, 0.1) is 6.54 Å². The minimum absolute atomic E-state index is 0.0712. The Morgan fingerprint density at radius 2 is 1.88 bits per heavy atom. The first-order valence-corrected chi connectivity index (χ1v) is 9.05. The predicted octanol–water partition coefficient (Wildman–Crippen LogP) is 0.830. The number of fused-ring (bicyclic) bond motifs is 1. The third-order valence-corrected chi connectivity index (χ3v) is 5.42. The quantitative estimate of drug-likeness (QED) is 0.867. The summed E-state index contributed by atoms with van der Waals surface area (Å²) in [6, 6.07) is 6.15. The summed E-state index contributed by atoms with van der Waals surface area (Å²) in [6.07, 6.45) is 2.33. The van der Waals surface area contributed by atoms with Crippen molar-refractivity contribution in [3.05, 3.63) is 34.9 Å². The molecule has 132 valence electrons. The monoisotopic (exact) mass is 361 g/mol. The van der Waals surface area contributed by atoms with Gasteiger partial charge in [0.25, 0.3) is 0 Å². The van der Waals surface area contributed by atoms with Crippen LogP contribution in [0.1, 0.15) is 18.4 Å². The van der Waals surface area contributed by atoms with Gasteiger partial charge in [-0.05, 0) is 30.5 Å². The highest BCUT2D eigenvalue weighted by Gasteiger charge is 2.45. The van der Waals surface area contributed by atoms with Crippen molar-refractivity contribution < 1.29 is 14.4 Å². The Labute approximate surface area is 151 Å². The second-order valence-corrected chi connectivity index (χ2v) is 7.43. The first-order valence-electron chi connectivity index (χ1n) is 8.67. The average molecular weight is 362 g/mol. The molecule has 1 saturated carbocycles. The van der Waals surface area contributed by atoms with E-state index >= 15 is 0 Å². The van der Waals surface area contributed by atoms with Gasteiger partial charge in [0.2, 0.25) is 17.7 Å². The van der Waals surface area contributed by atoms with Crippen LogP contribution in [-0.2, 0) is 20.8 Å². The van der Waals surface area contributed by atoms with Crippen molar-refractivity contribution in [2.24, 2.45) is 5.92 Å². The van der Waals surface area contributed by atoms with E-state index in [1.807, 2.05) is 12.1 Å². The molecule has 1 aromatic carbocycles. The summed E-state index contributed by atoms with van der Waals surface area (Å²) in [5.41, 5.74) is 0.948. The molecular formula is C18H20ClN3O3. The molecule has 2 heterocycles. The number of amides is 3. The van der Waals surface area contributed by atoms with E-state index in [1.54, 1.807) is 21.9 Å². The lowest BCUT2D eigenvalue weighted by Crippen LogP contribution is -2.70. The van der Waals surface area contributed by atoms with E-state index in [2.05, 4.69) is 5.32 Å². The molecule has 0 radical (unpaired) electrons. The second-order valence-electron chi connectivity index (χ2n) is 7.00. The number of piperazine rings is 2. The number of hydrogen-bond donors (Lipinski definition) is 1. The standard InChI is InChI=1S/C18H20ClN3O3/c19-13-5-1-11(2-6-13)9-14-18(25)22-8-7-21(17(24)12-3-4-12)10-15(22)16(23)20-14/h1-2,5-6,12,14-15H,3-4,7-10H2,(H,20,23)/t14-,15+/m0/s1. The minimum atomic E-state index is -0.564. The predicted molar refractivity (Wildman–Crippen MR) is 91.9 cm³/mol. The molecule has 3 amide bonds. The van der Waals surface area contributed by atoms with Gasteiger partial charge < -0.3 is 15.1 Å². The second kappa shape index (κ2) is 6.33. The van der Waals surface area contributed by atoms with E-state index in [0.29, 0.717) is 31.1 Å². The van der Waals surface area contributed by atoms with Crippen LogP contribution in [0, 0.1) is 5.92 Å². The molecule has 3 aliphatic rings. The van der Waals surface area contributed by atoms with Gasteiger partial charge in [-0.3, -0.25) is 14.4 Å². The molecule has 1 N–H and O–H groups in total. The summed E-state index contributed by atoms with van der Waals surface area (Å²) in [4.78, 5) is 40.9. The van der Waals surface area contributed by atoms with Crippen LogP contribution >= 0.6 is 11.6 Å². The fourth-order valence-electron chi connectivity index (χ4n) is 3.58. The first kappa shape index (κ1) is 16.4. The van der Waals surface area contributed by atoms with E-state index in [-0.39, 0.29) is 23.6 Å². The molecule has 0 bridgehead atoms. The third-order valence-electron chi connectivity index (χ3n) is 5.17. The summed E-state index contributed by atoms with van der Waals surface area (Å²) >= 11 is 5.89. The molecule has 4 rings (SSSR count). The Hall–Kier alpha value is -2.08. The summed E-state index contributed by atoms with van der Waals surface area (Å²) in [6.45, 7) is 1.24. The highest BCUT2D eigenvalue weighted by Crippen LogP contribution is 2.32. The lowest BCUT2D eigenvalue weighted by molar-refractivity contribution is -0.156. The van der Waals surface area contributed by atoms with E-state index in [0.717, 1.165) is 18.4 Å². The van der Waals surface area contributed by atoms with Crippen LogP contribution in [0.3, 0.4) is 0 Å². The van der Waals surface area contributed by atoms with Crippen LogP contribution in [0.4, 0.5) is 0 Å². The molecule has 0 spiro atoms. The number of nitrogens with zero attached hydrogens (tertiary/aromatic N) is 2. The van der Waals surface area contributed by atoms with E-state index in [9.17, 15) is 14.4 Å². The molecule has 0 aromatic heterocycles. The Kier molecular flexibility index (Phi) is 4.15. The normalized spacial score (nSPS) is 26.3. The van der Waals surface area contributed by atoms with Crippen molar-refractivity contribution in [2.45, 2.75) is 31.3 Å². The SMILES string of the molecule is O=C1N[C@@H](Cc2ccc(Cl)cc2)C(=O)N2CCN(C(=O)C3CC3)C[C@H]12. The highest BCUT2D eigenvalue weighted by atomic mass is 35.5. The van der Waals surface area contributed by atoms with E-state index in [4.69, 9.17) is 11.6 Å². The van der Waals surface area contributed by atoms with Crippen LogP contribution in [0.15, 0.2) is 24.3 Å². The number of nitrogens with one attached hydrogen (secondary N) is 1. The van der Waals surface area contributed by atoms with Gasteiger partial charge in [-0.2, -0.15) is 0 Å². The zero-order valence-electron chi connectivity index (χ0n) is 13.8. The largest absolute Gasteiger partial charge is 0.342 e. The lowest BCUT2D eigenvalue weighted by Gasteiger charge is -2.45. The highest BCUT2D eigenvalue weighted by molar-refractivity contribution is 6.30. The molecule has 1 aliphatic carbocycles. The smallest absolute Gasteiger partial charge is 0.246 e. The van der Waals surface area contributed by atoms with Crippen molar-refractivity contribution in [3.63, 3.8) is 0 Å². The number of benzene rings is 1. The fraction of sp³-hybridized carbons (Fsp3) is 0.500. The Bertz CT molecular complexity index is 717. The molecule has 2 saturated heterocycles. The zero-order chi connectivity index (χ0) is 17.6. The van der Waals surface area contributed by atoms with Crippen LogP contribution in [-0.4, -0.2) is 59.2 Å². The summed E-state index contributed by atoms with van der Waals surface area (Å²) < 4.78 is 0. The van der Waals surface area contributed by atoms with Crippen molar-refractivity contribution in [2.75, 3.05) is 19.6 Å². The van der Waals surface area contributed by atoms with Crippen LogP contribution < -0.4 is 5.32 Å². The molecule has 7 heteroatoms. The van der Waals surface area contributed by atoms with Gasteiger partial charge in [-0.1, -0.05) is 23.7 Å². The van der Waals surface area contributed by atoms with Gasteiger partial charge in [0.15, 0.2) is 0 Å². The maximum atomic E-state index is 12.8. The van der Waals surface area contributed by atoms with Crippen molar-refractivity contribution in [1.82, 2.24) is 15.1 Å². The minimum Gasteiger partial charge on any atom is -0.342 e. The number of rotatable bonds is 3. The van der Waals surface area contributed by atoms with Crippen molar-refractivity contribution in [3.8, 4) is 0 Å². The number of hydrogen-bond acceptors (Lipinski definition) is 3. The zero-order valence-corrected chi connectivity index (χ0v) is 14.5. The van der Waals surface area contributed by atoms with E-state index < -0.39 is 12.1 Å². The molecule has 3 fully saturated rings. The van der Waals surface area contributed by atoms with Crippen LogP contribution in [0.2, 0.25) is 5.02 Å². The van der Waals surface area contributed by atoms with Gasteiger partial charge in [-0.25, -0.2) is 0 Å². The molecule has 0 unspecified atom stereocenters. The fourth-order valence-corrected chi connectivity index (χ4v) is 3.71. The topological polar surface area (TPSA) is 69.7 Å². The summed E-state index contributed by atoms with van der Waals surface area (Å²) in [5, 5.41) is 3.47. The molecule has 25 heavy (non-hydrogen) atoms. The lowest BCUT2D eigenvalue weighted by atomic mass is 9.98. The molecule has 2 aliphatic heterocycles.